The SMILES string of the molecule is O=C(C(=O)N1CCN(c2nonc2-c2ccccc2)CC1)c1c[nH]c2c(-n3ccnn3)ncc(F)c12.O=C(O)C(=O)c1c[nH]c2c(-n3cncn3)ncc(F)c12.c1ccc(-c2nonc2N2CCNCC2)cc1. The van der Waals surface area contributed by atoms with Crippen LogP contribution in [0.15, 0.2) is 120 Å². The summed E-state index contributed by atoms with van der Waals surface area (Å²) in [6.07, 6.45) is 9.94. The molecule has 73 heavy (non-hydrogen) atoms. The van der Waals surface area contributed by atoms with Gasteiger partial charge in [0, 0.05) is 75.9 Å². The van der Waals surface area contributed by atoms with Gasteiger partial charge < -0.3 is 35.1 Å². The zero-order valence-corrected chi connectivity index (χ0v) is 37.9. The molecule has 27 heteroatoms. The Kier molecular flexibility index (Phi) is 13.2. The van der Waals surface area contributed by atoms with E-state index in [2.05, 4.69) is 71.2 Å². The number of Topliss-reactive ketones (excluding diaryl/α,β-unsaturated/α-hetero) is 2. The highest BCUT2D eigenvalue weighted by atomic mass is 19.1. The number of aliphatic carboxylic acids is 1. The second-order valence-corrected chi connectivity index (χ2v) is 16.0. The van der Waals surface area contributed by atoms with Crippen LogP contribution in [0.1, 0.15) is 20.7 Å². The number of fused-ring (bicyclic) bond motifs is 2. The van der Waals surface area contributed by atoms with Crippen LogP contribution in [0.3, 0.4) is 0 Å². The molecule has 0 atom stereocenters. The molecule has 2 fully saturated rings. The van der Waals surface area contributed by atoms with Gasteiger partial charge in [-0.25, -0.2) is 47.1 Å². The zero-order chi connectivity index (χ0) is 50.4. The first-order valence-corrected chi connectivity index (χ1v) is 22.3. The lowest BCUT2D eigenvalue weighted by Gasteiger charge is -2.34. The van der Waals surface area contributed by atoms with Gasteiger partial charge in [-0.2, -0.15) is 5.10 Å². The van der Waals surface area contributed by atoms with Crippen molar-refractivity contribution >= 4 is 56.9 Å². The zero-order valence-electron chi connectivity index (χ0n) is 37.9. The number of nitrogens with one attached hydrogen (secondary N) is 3. The number of anilines is 2. The van der Waals surface area contributed by atoms with Crippen LogP contribution in [-0.4, -0.2) is 156 Å². The second kappa shape index (κ2) is 20.6. The molecule has 0 unspecified atom stereocenters. The fourth-order valence-electron chi connectivity index (χ4n) is 8.24. The molecule has 25 nitrogen and oxygen atoms in total. The van der Waals surface area contributed by atoms with Crippen LogP contribution in [-0.2, 0) is 9.59 Å². The number of halogens is 2. The van der Waals surface area contributed by atoms with Crippen molar-refractivity contribution in [1.29, 1.82) is 0 Å². The molecule has 2 aliphatic rings. The highest BCUT2D eigenvalue weighted by Gasteiger charge is 2.32. The van der Waals surface area contributed by atoms with Crippen molar-refractivity contribution in [3.05, 3.63) is 133 Å². The number of benzene rings is 2. The average molecular weight is 993 g/mol. The lowest BCUT2D eigenvalue weighted by Crippen LogP contribution is -2.50. The number of carbonyl (C=O) groups excluding carboxylic acids is 3. The predicted octanol–water partition coefficient (Wildman–Crippen LogP) is 3.56. The third-order valence-corrected chi connectivity index (χ3v) is 11.8. The van der Waals surface area contributed by atoms with Gasteiger partial charge in [-0.3, -0.25) is 14.4 Å². The summed E-state index contributed by atoms with van der Waals surface area (Å²) in [5, 5.41) is 39.4. The van der Waals surface area contributed by atoms with Crippen molar-refractivity contribution in [2.24, 2.45) is 0 Å². The minimum absolute atomic E-state index is 0.0198. The molecule has 1 amide bonds. The number of hydrogen-bond acceptors (Lipinski definition) is 19. The highest BCUT2D eigenvalue weighted by molar-refractivity contribution is 6.45. The number of ketones is 2. The van der Waals surface area contributed by atoms with Crippen LogP contribution in [0.2, 0.25) is 0 Å². The number of carboxylic acids is 1. The Labute approximate surface area is 408 Å². The number of rotatable bonds is 10. The number of hydrogen-bond donors (Lipinski definition) is 4. The number of carbonyl (C=O) groups is 4. The lowest BCUT2D eigenvalue weighted by molar-refractivity contribution is -0.131. The molecule has 2 aromatic carbocycles. The molecular formula is C46H38F2N18O7. The van der Waals surface area contributed by atoms with Crippen molar-refractivity contribution in [2.45, 2.75) is 0 Å². The average Bonchev–Trinajstić information content (AvgIpc) is 4.30. The second-order valence-electron chi connectivity index (χ2n) is 16.0. The van der Waals surface area contributed by atoms with Crippen molar-refractivity contribution in [3.8, 4) is 34.2 Å². The fraction of sp³-hybridized carbons (Fsp3) is 0.174. The van der Waals surface area contributed by atoms with Gasteiger partial charge in [-0.15, -0.1) is 5.10 Å². The maximum atomic E-state index is 14.7. The topological polar surface area (TPSA) is 307 Å². The molecule has 12 rings (SSSR count). The molecule has 0 radical (unpaired) electrons. The molecule has 4 N–H and O–H groups in total. The van der Waals surface area contributed by atoms with Gasteiger partial charge in [0.1, 0.15) is 12.7 Å². The van der Waals surface area contributed by atoms with Crippen LogP contribution in [0, 0.1) is 11.6 Å². The number of aromatic amines is 2. The maximum Gasteiger partial charge on any atom is 0.377 e. The van der Waals surface area contributed by atoms with Crippen molar-refractivity contribution in [3.63, 3.8) is 0 Å². The molecule has 0 bridgehead atoms. The third-order valence-electron chi connectivity index (χ3n) is 11.8. The highest BCUT2D eigenvalue weighted by Crippen LogP contribution is 2.31. The van der Waals surface area contributed by atoms with Gasteiger partial charge in [0.2, 0.25) is 11.6 Å². The smallest absolute Gasteiger partial charge is 0.377 e. The summed E-state index contributed by atoms with van der Waals surface area (Å²) in [4.78, 5) is 71.2. The van der Waals surface area contributed by atoms with E-state index >= 15 is 0 Å². The summed E-state index contributed by atoms with van der Waals surface area (Å²) in [6.45, 7) is 5.24. The summed E-state index contributed by atoms with van der Waals surface area (Å²) in [5.74, 6) is -4.01. The number of aromatic nitrogens is 14. The van der Waals surface area contributed by atoms with Gasteiger partial charge in [-0.05, 0) is 20.6 Å². The number of amides is 1. The van der Waals surface area contributed by atoms with Gasteiger partial charge in [0.05, 0.1) is 57.7 Å². The summed E-state index contributed by atoms with van der Waals surface area (Å²) < 4.78 is 41.1. The molecule has 0 aliphatic carbocycles. The van der Waals surface area contributed by atoms with Crippen LogP contribution in [0.4, 0.5) is 20.4 Å². The molecule has 0 saturated carbocycles. The van der Waals surface area contributed by atoms with Gasteiger partial charge in [-0.1, -0.05) is 65.9 Å². The van der Waals surface area contributed by atoms with E-state index in [-0.39, 0.29) is 57.7 Å². The fourth-order valence-corrected chi connectivity index (χ4v) is 8.24. The first kappa shape index (κ1) is 46.8. The molecular weight excluding hydrogens is 955 g/mol. The van der Waals surface area contributed by atoms with E-state index in [0.717, 1.165) is 67.4 Å². The molecule has 8 aromatic heterocycles. The van der Waals surface area contributed by atoms with E-state index in [0.29, 0.717) is 24.6 Å². The maximum absolute atomic E-state index is 14.7. The van der Waals surface area contributed by atoms with Crippen LogP contribution in [0.5, 0.6) is 0 Å². The van der Waals surface area contributed by atoms with E-state index in [9.17, 15) is 28.0 Å². The Balaban J connectivity index is 0.000000139. The molecule has 2 aliphatic heterocycles. The van der Waals surface area contributed by atoms with Crippen LogP contribution >= 0.6 is 0 Å². The molecule has 0 spiro atoms. The molecule has 10 heterocycles. The minimum Gasteiger partial charge on any atom is -0.475 e. The van der Waals surface area contributed by atoms with E-state index in [1.807, 2.05) is 65.6 Å². The molecule has 10 aromatic rings. The van der Waals surface area contributed by atoms with Gasteiger partial charge >= 0.3 is 5.97 Å². The lowest BCUT2D eigenvalue weighted by atomic mass is 10.1. The van der Waals surface area contributed by atoms with Crippen LogP contribution < -0.4 is 15.1 Å². The van der Waals surface area contributed by atoms with Crippen molar-refractivity contribution in [1.82, 2.24) is 80.5 Å². The summed E-state index contributed by atoms with van der Waals surface area (Å²) in [6, 6.07) is 19.5. The first-order valence-electron chi connectivity index (χ1n) is 22.3. The normalized spacial score (nSPS) is 13.6. The van der Waals surface area contributed by atoms with E-state index in [1.165, 1.54) is 39.3 Å². The Morgan fingerprint density at radius 1 is 0.630 bits per heavy atom. The molecule has 2 saturated heterocycles. The summed E-state index contributed by atoms with van der Waals surface area (Å²) >= 11 is 0. The number of pyridine rings is 2. The van der Waals surface area contributed by atoms with Gasteiger partial charge in [0.25, 0.3) is 17.5 Å². The third kappa shape index (κ3) is 9.44. The van der Waals surface area contributed by atoms with Crippen LogP contribution in [0.25, 0.3) is 56.0 Å². The predicted molar refractivity (Wildman–Crippen MR) is 252 cm³/mol. The number of piperazine rings is 2. The monoisotopic (exact) mass is 992 g/mol. The summed E-state index contributed by atoms with van der Waals surface area (Å²) in [5.41, 5.74) is 3.42. The Morgan fingerprint density at radius 3 is 1.67 bits per heavy atom. The Hall–Kier alpha value is -9.92. The number of nitrogens with zero attached hydrogens (tertiary/aromatic N) is 15. The first-order chi connectivity index (χ1) is 35.7. The minimum atomic E-state index is -1.66. The van der Waals surface area contributed by atoms with E-state index in [4.69, 9.17) is 14.4 Å². The van der Waals surface area contributed by atoms with Gasteiger partial charge in [0.15, 0.2) is 34.7 Å². The standard InChI is InChI=1S/C23H18FN9O3.C12H14N4O.C11H6FN5O3/c24-16-13-26-21(33-7-6-27-30-33)19-17(16)15(12-25-19)20(34)23(35)32-10-8-31(9-11-32)22-18(28-36-29-22)14-4-2-1-3-5-14;1-2-4-10(5-3-1)11-12(15-17-14-11)16-8-6-13-7-9-16;12-6-2-15-10(17-4-13-3-16-17)8-7(6)5(1-14-8)9(18)11(19)20/h1-7,12-13,25H,8-11H2;1-5,13H,6-9H2;1-4,14H,(H,19,20). The van der Waals surface area contributed by atoms with E-state index in [1.54, 1.807) is 6.20 Å². The van der Waals surface area contributed by atoms with Crippen molar-refractivity contribution < 1.29 is 42.3 Å². The number of H-pyrrole nitrogens is 2. The quantitative estimate of drug-likeness (QED) is 0.112. The van der Waals surface area contributed by atoms with Crippen molar-refractivity contribution in [2.75, 3.05) is 62.2 Å². The molecule has 368 valence electrons. The Bertz CT molecular complexity index is 3550. The summed E-state index contributed by atoms with van der Waals surface area (Å²) in [7, 11) is 0. The van der Waals surface area contributed by atoms with E-state index < -0.39 is 35.1 Å². The Morgan fingerprint density at radius 2 is 1.16 bits per heavy atom. The number of carboxylic acid groups (broad SMARTS) is 1. The largest absolute Gasteiger partial charge is 0.475 e.